The van der Waals surface area contributed by atoms with Crippen LogP contribution in [0.1, 0.15) is 32.6 Å². The van der Waals surface area contributed by atoms with Crippen LogP contribution in [0, 0.1) is 0 Å². The first-order valence-corrected chi connectivity index (χ1v) is 10.8. The van der Waals surface area contributed by atoms with E-state index in [2.05, 4.69) is 6.58 Å². The smallest absolute Gasteiger partial charge is 0.353 e. The highest BCUT2D eigenvalue weighted by Gasteiger charge is 2.66. The third kappa shape index (κ3) is 3.64. The molecule has 9 heteroatoms. The van der Waals surface area contributed by atoms with Crippen molar-refractivity contribution in [1.29, 1.82) is 0 Å². The molecule has 0 saturated carbocycles. The second-order valence-corrected chi connectivity index (χ2v) is 9.70. The molecule has 3 aliphatic rings. The van der Waals surface area contributed by atoms with Gasteiger partial charge < -0.3 is 15.1 Å². The molecule has 0 spiro atoms. The number of amides is 2. The van der Waals surface area contributed by atoms with Gasteiger partial charge in [-0.15, -0.1) is 30.1 Å². The summed E-state index contributed by atoms with van der Waals surface area (Å²) in [5.74, 6) is -1.28. The van der Waals surface area contributed by atoms with Gasteiger partial charge in [-0.3, -0.25) is 14.5 Å². The monoisotopic (exact) mass is 412 g/mol. The Morgan fingerprint density at radius 2 is 2.30 bits per heavy atom. The van der Waals surface area contributed by atoms with E-state index in [1.54, 1.807) is 13.0 Å². The minimum absolute atomic E-state index is 0.00414. The van der Waals surface area contributed by atoms with Gasteiger partial charge in [0.05, 0.1) is 6.10 Å². The summed E-state index contributed by atoms with van der Waals surface area (Å²) in [5, 5.41) is 20.5. The molecule has 7 nitrogen and oxygen atoms in total. The standard InChI is InChI=1S/C18H24N2O5S2/c1-3-4-5-14(22)19-7-6-12(9-19)27-18(8-11(2)21)16(25)20-13(15(23)24)10-26-17(18)20/h3,10-12,17,21H,1,4-9H2,2H3,(H,23,24)/t11-,12-,17+,18+/m0/s1. The van der Waals surface area contributed by atoms with E-state index >= 15 is 0 Å². The summed E-state index contributed by atoms with van der Waals surface area (Å²) in [6, 6.07) is 0. The van der Waals surface area contributed by atoms with Crippen molar-refractivity contribution in [3.05, 3.63) is 23.8 Å². The molecule has 4 atom stereocenters. The zero-order chi connectivity index (χ0) is 19.8. The van der Waals surface area contributed by atoms with Gasteiger partial charge in [0.15, 0.2) is 0 Å². The SMILES string of the molecule is C=CCCC(=O)N1CC[C@H](S[C@]2(C[C@H](C)O)C(=O)N3C(C(=O)O)=CS[C@@H]32)C1. The average molecular weight is 413 g/mol. The van der Waals surface area contributed by atoms with Gasteiger partial charge >= 0.3 is 5.97 Å². The number of hydrogen-bond donors (Lipinski definition) is 2. The number of carboxylic acid groups (broad SMARTS) is 1. The summed E-state index contributed by atoms with van der Waals surface area (Å²) in [6.07, 6.45) is 3.20. The van der Waals surface area contributed by atoms with Gasteiger partial charge in [0, 0.05) is 30.2 Å². The van der Waals surface area contributed by atoms with Gasteiger partial charge in [0.25, 0.3) is 0 Å². The van der Waals surface area contributed by atoms with Crippen LogP contribution in [0.4, 0.5) is 0 Å². The molecule has 0 bridgehead atoms. The maximum absolute atomic E-state index is 12.9. The van der Waals surface area contributed by atoms with Crippen LogP contribution in [0.15, 0.2) is 23.8 Å². The van der Waals surface area contributed by atoms with Crippen LogP contribution in [0.2, 0.25) is 0 Å². The van der Waals surface area contributed by atoms with E-state index in [9.17, 15) is 24.6 Å². The number of rotatable bonds is 8. The normalized spacial score (nSPS) is 30.6. The Hall–Kier alpha value is -1.45. The van der Waals surface area contributed by atoms with Gasteiger partial charge in [0.1, 0.15) is 15.8 Å². The van der Waals surface area contributed by atoms with Crippen LogP contribution in [0.5, 0.6) is 0 Å². The van der Waals surface area contributed by atoms with E-state index in [0.717, 1.165) is 6.42 Å². The zero-order valence-electron chi connectivity index (χ0n) is 15.2. The number of allylic oxidation sites excluding steroid dienone is 1. The second-order valence-electron chi connectivity index (χ2n) is 7.11. The summed E-state index contributed by atoms with van der Waals surface area (Å²) in [6.45, 7) is 6.51. The largest absolute Gasteiger partial charge is 0.477 e. The highest BCUT2D eigenvalue weighted by Crippen LogP contribution is 2.57. The summed E-state index contributed by atoms with van der Waals surface area (Å²) in [7, 11) is 0. The topological polar surface area (TPSA) is 98.2 Å². The minimum atomic E-state index is -1.12. The van der Waals surface area contributed by atoms with Crippen molar-refractivity contribution in [2.75, 3.05) is 13.1 Å². The van der Waals surface area contributed by atoms with E-state index in [1.165, 1.54) is 33.8 Å². The summed E-state index contributed by atoms with van der Waals surface area (Å²) in [4.78, 5) is 39.6. The third-order valence-electron chi connectivity index (χ3n) is 5.04. The molecule has 2 N–H and O–H groups in total. The number of nitrogens with zero attached hydrogens (tertiary/aromatic N) is 2. The van der Waals surface area contributed by atoms with Crippen molar-refractivity contribution in [3.63, 3.8) is 0 Å². The fraction of sp³-hybridized carbons (Fsp3) is 0.611. The molecule has 0 aliphatic carbocycles. The van der Waals surface area contributed by atoms with Crippen molar-refractivity contribution < 1.29 is 24.6 Å². The third-order valence-corrected chi connectivity index (χ3v) is 8.12. The van der Waals surface area contributed by atoms with Crippen molar-refractivity contribution in [3.8, 4) is 0 Å². The second kappa shape index (κ2) is 7.89. The Labute approximate surface area is 166 Å². The number of hydrogen-bond acceptors (Lipinski definition) is 6. The summed E-state index contributed by atoms with van der Waals surface area (Å²) < 4.78 is -0.850. The van der Waals surface area contributed by atoms with Crippen LogP contribution < -0.4 is 0 Å². The summed E-state index contributed by atoms with van der Waals surface area (Å²) >= 11 is 2.82. The molecule has 0 aromatic heterocycles. The summed E-state index contributed by atoms with van der Waals surface area (Å²) in [5.41, 5.74) is 0.00414. The molecule has 2 amide bonds. The molecule has 3 rings (SSSR count). The fourth-order valence-corrected chi connectivity index (χ4v) is 7.20. The minimum Gasteiger partial charge on any atom is -0.477 e. The van der Waals surface area contributed by atoms with Crippen LogP contribution in [-0.2, 0) is 14.4 Å². The number of carbonyl (C=O) groups is 3. The van der Waals surface area contributed by atoms with E-state index in [4.69, 9.17) is 0 Å². The molecular weight excluding hydrogens is 388 g/mol. The number of carbonyl (C=O) groups excluding carboxylic acids is 2. The van der Waals surface area contributed by atoms with Crippen LogP contribution in [-0.4, -0.2) is 72.4 Å². The van der Waals surface area contributed by atoms with Crippen molar-refractivity contribution >= 4 is 41.3 Å². The molecule has 148 valence electrons. The molecule has 27 heavy (non-hydrogen) atoms. The lowest BCUT2D eigenvalue weighted by Crippen LogP contribution is -2.70. The quantitative estimate of drug-likeness (QED) is 0.462. The van der Waals surface area contributed by atoms with E-state index in [-0.39, 0.29) is 34.6 Å². The Morgan fingerprint density at radius 3 is 2.93 bits per heavy atom. The van der Waals surface area contributed by atoms with Crippen molar-refractivity contribution in [2.45, 2.75) is 54.1 Å². The number of fused-ring (bicyclic) bond motifs is 1. The highest BCUT2D eigenvalue weighted by molar-refractivity contribution is 8.07. The van der Waals surface area contributed by atoms with Gasteiger partial charge in [-0.1, -0.05) is 6.08 Å². The first-order chi connectivity index (χ1) is 12.8. The molecule has 0 radical (unpaired) electrons. The number of aliphatic carboxylic acids is 1. The Morgan fingerprint density at radius 1 is 1.56 bits per heavy atom. The predicted octanol–water partition coefficient (Wildman–Crippen LogP) is 1.64. The number of thioether (sulfide) groups is 2. The van der Waals surface area contributed by atoms with Crippen LogP contribution in [0.25, 0.3) is 0 Å². The van der Waals surface area contributed by atoms with Crippen LogP contribution in [0.3, 0.4) is 0 Å². The Kier molecular flexibility index (Phi) is 5.93. The molecule has 0 aromatic carbocycles. The first kappa shape index (κ1) is 20.3. The number of β-lactam (4-membered cyclic amide) rings is 1. The van der Waals surface area contributed by atoms with Gasteiger partial charge in [-0.2, -0.15) is 0 Å². The first-order valence-electron chi connectivity index (χ1n) is 8.97. The maximum atomic E-state index is 12.9. The van der Waals surface area contributed by atoms with E-state index in [0.29, 0.717) is 25.9 Å². The predicted molar refractivity (Wildman–Crippen MR) is 105 cm³/mol. The van der Waals surface area contributed by atoms with E-state index in [1.807, 2.05) is 4.90 Å². The van der Waals surface area contributed by atoms with Crippen LogP contribution >= 0.6 is 23.5 Å². The maximum Gasteiger partial charge on any atom is 0.353 e. The average Bonchev–Trinajstić information content (AvgIpc) is 3.24. The molecule has 0 unspecified atom stereocenters. The van der Waals surface area contributed by atoms with Gasteiger partial charge in [0.2, 0.25) is 11.8 Å². The number of aliphatic hydroxyl groups excluding tert-OH is 1. The lowest BCUT2D eigenvalue weighted by molar-refractivity contribution is -0.150. The number of aliphatic hydroxyl groups is 1. The van der Waals surface area contributed by atoms with Gasteiger partial charge in [-0.25, -0.2) is 4.79 Å². The van der Waals surface area contributed by atoms with Gasteiger partial charge in [-0.05, 0) is 26.2 Å². The fourth-order valence-electron chi connectivity index (χ4n) is 3.82. The van der Waals surface area contributed by atoms with Crippen molar-refractivity contribution in [1.82, 2.24) is 9.80 Å². The molecule has 2 saturated heterocycles. The Bertz CT molecular complexity index is 695. The van der Waals surface area contributed by atoms with Crippen molar-refractivity contribution in [2.24, 2.45) is 0 Å². The Balaban J connectivity index is 1.69. The lowest BCUT2D eigenvalue weighted by atomic mass is 9.90. The number of carboxylic acids is 1. The molecule has 3 heterocycles. The zero-order valence-corrected chi connectivity index (χ0v) is 16.8. The lowest BCUT2D eigenvalue weighted by Gasteiger charge is -2.53. The number of likely N-dealkylation sites (tertiary alicyclic amines) is 1. The molecule has 3 aliphatic heterocycles. The molecule has 2 fully saturated rings. The highest BCUT2D eigenvalue weighted by atomic mass is 32.2. The molecular formula is C18H24N2O5S2. The van der Waals surface area contributed by atoms with E-state index < -0.39 is 16.8 Å². The molecule has 0 aromatic rings.